The van der Waals surface area contributed by atoms with Crippen LogP contribution < -0.4 is 0 Å². The Morgan fingerprint density at radius 2 is 1.52 bits per heavy atom. The van der Waals surface area contributed by atoms with Gasteiger partial charge in [0.2, 0.25) is 0 Å². The molecule has 0 N–H and O–H groups in total. The molecule has 3 aromatic rings. The third kappa shape index (κ3) is 3.66. The standard InChI is InChI=1S/C20H14ClFO/c21-18-10-8-15(9-11-18)20(23)17-7-6-16(19(22)13-17)12-14-4-2-1-3-5-14/h1-11,13H,12H2. The van der Waals surface area contributed by atoms with Gasteiger partial charge in [0.05, 0.1) is 0 Å². The molecule has 0 radical (unpaired) electrons. The maximum atomic E-state index is 14.3. The fourth-order valence-electron chi connectivity index (χ4n) is 2.42. The van der Waals surface area contributed by atoms with Crippen LogP contribution in [0.5, 0.6) is 0 Å². The van der Waals surface area contributed by atoms with Gasteiger partial charge in [0.25, 0.3) is 0 Å². The van der Waals surface area contributed by atoms with E-state index >= 15 is 0 Å². The van der Waals surface area contributed by atoms with E-state index in [1.165, 1.54) is 6.07 Å². The van der Waals surface area contributed by atoms with E-state index in [-0.39, 0.29) is 11.6 Å². The van der Waals surface area contributed by atoms with Crippen molar-refractivity contribution in [2.45, 2.75) is 6.42 Å². The summed E-state index contributed by atoms with van der Waals surface area (Å²) >= 11 is 5.81. The van der Waals surface area contributed by atoms with E-state index < -0.39 is 0 Å². The predicted octanol–water partition coefficient (Wildman–Crippen LogP) is 5.30. The Hall–Kier alpha value is -2.45. The molecule has 114 valence electrons. The molecule has 0 amide bonds. The minimum Gasteiger partial charge on any atom is -0.289 e. The largest absolute Gasteiger partial charge is 0.289 e. The zero-order valence-corrected chi connectivity index (χ0v) is 13.1. The van der Waals surface area contributed by atoms with Crippen LogP contribution in [0.3, 0.4) is 0 Å². The lowest BCUT2D eigenvalue weighted by Crippen LogP contribution is -2.03. The Morgan fingerprint density at radius 3 is 2.17 bits per heavy atom. The van der Waals surface area contributed by atoms with Crippen LogP contribution in [0.15, 0.2) is 72.8 Å². The first-order valence-corrected chi connectivity index (χ1v) is 7.64. The molecule has 0 aliphatic heterocycles. The second kappa shape index (κ2) is 6.76. The lowest BCUT2D eigenvalue weighted by atomic mass is 9.99. The highest BCUT2D eigenvalue weighted by Crippen LogP contribution is 2.18. The monoisotopic (exact) mass is 324 g/mol. The van der Waals surface area contributed by atoms with Crippen LogP contribution in [-0.2, 0) is 6.42 Å². The molecule has 0 saturated heterocycles. The fourth-order valence-corrected chi connectivity index (χ4v) is 2.54. The third-order valence-corrected chi connectivity index (χ3v) is 3.91. The fraction of sp³-hybridized carbons (Fsp3) is 0.0500. The highest BCUT2D eigenvalue weighted by Gasteiger charge is 2.12. The van der Waals surface area contributed by atoms with Crippen molar-refractivity contribution in [3.8, 4) is 0 Å². The normalized spacial score (nSPS) is 10.5. The Bertz CT molecular complexity index is 826. The van der Waals surface area contributed by atoms with Crippen LogP contribution in [0.25, 0.3) is 0 Å². The zero-order chi connectivity index (χ0) is 16.2. The Kier molecular flexibility index (Phi) is 4.54. The van der Waals surface area contributed by atoms with Gasteiger partial charge in [-0.1, -0.05) is 54.1 Å². The average molecular weight is 325 g/mol. The van der Waals surface area contributed by atoms with Crippen molar-refractivity contribution in [2.24, 2.45) is 0 Å². The van der Waals surface area contributed by atoms with Crippen molar-refractivity contribution in [3.05, 3.63) is 106 Å². The molecule has 3 aromatic carbocycles. The first-order chi connectivity index (χ1) is 11.1. The van der Waals surface area contributed by atoms with Crippen LogP contribution in [-0.4, -0.2) is 5.78 Å². The van der Waals surface area contributed by atoms with Crippen LogP contribution in [0.2, 0.25) is 5.02 Å². The number of carbonyl (C=O) groups is 1. The van der Waals surface area contributed by atoms with Gasteiger partial charge in [-0.15, -0.1) is 0 Å². The summed E-state index contributed by atoms with van der Waals surface area (Å²) in [5.41, 5.74) is 2.43. The summed E-state index contributed by atoms with van der Waals surface area (Å²) in [5.74, 6) is -0.583. The topological polar surface area (TPSA) is 17.1 Å². The first-order valence-electron chi connectivity index (χ1n) is 7.26. The van der Waals surface area contributed by atoms with Crippen LogP contribution in [0, 0.1) is 5.82 Å². The molecule has 0 heterocycles. The van der Waals surface area contributed by atoms with E-state index in [2.05, 4.69) is 0 Å². The molecular weight excluding hydrogens is 311 g/mol. The second-order valence-electron chi connectivity index (χ2n) is 5.30. The molecule has 3 heteroatoms. The summed E-state index contributed by atoms with van der Waals surface area (Å²) in [7, 11) is 0. The molecule has 0 saturated carbocycles. The van der Waals surface area contributed by atoms with E-state index in [0.29, 0.717) is 28.1 Å². The number of halogens is 2. The zero-order valence-electron chi connectivity index (χ0n) is 12.3. The molecule has 0 unspecified atom stereocenters. The summed E-state index contributed by atoms with van der Waals surface area (Å²) in [4.78, 5) is 12.4. The van der Waals surface area contributed by atoms with E-state index in [9.17, 15) is 9.18 Å². The maximum Gasteiger partial charge on any atom is 0.193 e. The van der Waals surface area contributed by atoms with Crippen molar-refractivity contribution in [3.63, 3.8) is 0 Å². The molecule has 3 rings (SSSR count). The molecule has 23 heavy (non-hydrogen) atoms. The number of ketones is 1. The third-order valence-electron chi connectivity index (χ3n) is 3.66. The van der Waals surface area contributed by atoms with E-state index in [1.54, 1.807) is 36.4 Å². The van der Waals surface area contributed by atoms with E-state index in [0.717, 1.165) is 5.56 Å². The Balaban J connectivity index is 1.84. The molecule has 0 atom stereocenters. The molecule has 0 aromatic heterocycles. The lowest BCUT2D eigenvalue weighted by Gasteiger charge is -2.07. The molecule has 0 aliphatic rings. The van der Waals surface area contributed by atoms with E-state index in [4.69, 9.17) is 11.6 Å². The Morgan fingerprint density at radius 1 is 0.870 bits per heavy atom. The van der Waals surface area contributed by atoms with Gasteiger partial charge >= 0.3 is 0 Å². The average Bonchev–Trinajstić information content (AvgIpc) is 2.58. The minimum atomic E-state index is -0.367. The lowest BCUT2D eigenvalue weighted by molar-refractivity contribution is 0.103. The van der Waals surface area contributed by atoms with Gasteiger partial charge in [0.15, 0.2) is 5.78 Å². The number of rotatable bonds is 4. The van der Waals surface area contributed by atoms with Crippen LogP contribution >= 0.6 is 11.6 Å². The van der Waals surface area contributed by atoms with Gasteiger partial charge in [-0.25, -0.2) is 4.39 Å². The van der Waals surface area contributed by atoms with Crippen molar-refractivity contribution >= 4 is 17.4 Å². The predicted molar refractivity (Wildman–Crippen MR) is 90.5 cm³/mol. The molecule has 0 bridgehead atoms. The van der Waals surface area contributed by atoms with Crippen molar-refractivity contribution < 1.29 is 9.18 Å². The van der Waals surface area contributed by atoms with Crippen molar-refractivity contribution in [2.75, 3.05) is 0 Å². The van der Waals surface area contributed by atoms with Gasteiger partial charge in [0.1, 0.15) is 5.82 Å². The molecule has 0 fully saturated rings. The van der Waals surface area contributed by atoms with Crippen molar-refractivity contribution in [1.29, 1.82) is 0 Å². The van der Waals surface area contributed by atoms with Gasteiger partial charge < -0.3 is 0 Å². The Labute approximate surface area is 139 Å². The molecule has 1 nitrogen and oxygen atoms in total. The smallest absolute Gasteiger partial charge is 0.193 e. The van der Waals surface area contributed by atoms with Crippen molar-refractivity contribution in [1.82, 2.24) is 0 Å². The number of benzene rings is 3. The number of carbonyl (C=O) groups excluding carboxylic acids is 1. The molecular formula is C20H14ClFO. The van der Waals surface area contributed by atoms with Crippen LogP contribution in [0.4, 0.5) is 4.39 Å². The summed E-state index contributed by atoms with van der Waals surface area (Å²) in [6.07, 6.45) is 0.502. The summed E-state index contributed by atoms with van der Waals surface area (Å²) in [5, 5.41) is 0.561. The van der Waals surface area contributed by atoms with Gasteiger partial charge in [0, 0.05) is 22.6 Å². The summed E-state index contributed by atoms with van der Waals surface area (Å²) in [6, 6.07) is 20.9. The quantitative estimate of drug-likeness (QED) is 0.595. The van der Waals surface area contributed by atoms with Gasteiger partial charge in [-0.3, -0.25) is 4.79 Å². The highest BCUT2D eigenvalue weighted by atomic mass is 35.5. The van der Waals surface area contributed by atoms with Gasteiger partial charge in [-0.2, -0.15) is 0 Å². The highest BCUT2D eigenvalue weighted by molar-refractivity contribution is 6.30. The minimum absolute atomic E-state index is 0.216. The summed E-state index contributed by atoms with van der Waals surface area (Å²) in [6.45, 7) is 0. The van der Waals surface area contributed by atoms with Crippen LogP contribution in [0.1, 0.15) is 27.0 Å². The number of hydrogen-bond acceptors (Lipinski definition) is 1. The maximum absolute atomic E-state index is 14.3. The summed E-state index contributed by atoms with van der Waals surface area (Å²) < 4.78 is 14.3. The van der Waals surface area contributed by atoms with Gasteiger partial charge in [-0.05, 0) is 41.5 Å². The SMILES string of the molecule is O=C(c1ccc(Cl)cc1)c1ccc(Cc2ccccc2)c(F)c1. The number of hydrogen-bond donors (Lipinski definition) is 0. The van der Waals surface area contributed by atoms with E-state index in [1.807, 2.05) is 30.3 Å². The molecule has 0 aliphatic carbocycles. The first kappa shape index (κ1) is 15.4. The molecule has 0 spiro atoms. The second-order valence-corrected chi connectivity index (χ2v) is 5.74.